The van der Waals surface area contributed by atoms with Gasteiger partial charge in [-0.1, -0.05) is 35.3 Å². The molecule has 0 radical (unpaired) electrons. The van der Waals surface area contributed by atoms with Crippen LogP contribution in [-0.4, -0.2) is 26.4 Å². The van der Waals surface area contributed by atoms with Crippen molar-refractivity contribution in [3.8, 4) is 5.75 Å². The van der Waals surface area contributed by atoms with Gasteiger partial charge in [0.1, 0.15) is 5.75 Å². The number of ether oxygens (including phenoxy) is 1. The monoisotopic (exact) mass is 385 g/mol. The third kappa shape index (κ3) is 3.26. The zero-order chi connectivity index (χ0) is 17.3. The highest BCUT2D eigenvalue weighted by atomic mass is 35.5. The first-order chi connectivity index (χ1) is 11.4. The predicted molar refractivity (Wildman–Crippen MR) is 95.3 cm³/mol. The molecule has 4 nitrogen and oxygen atoms in total. The number of sulfonamides is 1. The standard InChI is InChI=1S/C17H17Cl2NO3S/c1-23-13-6-4-12(5-7-13)17-3-2-10-20(17)24(21,22)14-8-9-15(18)16(19)11-14/h4-9,11,17H,2-3,10H2,1H3/t17-/m1/s1. The summed E-state index contributed by atoms with van der Waals surface area (Å²) in [6.07, 6.45) is 1.60. The summed E-state index contributed by atoms with van der Waals surface area (Å²) in [7, 11) is -2.03. The quantitative estimate of drug-likeness (QED) is 0.776. The van der Waals surface area contributed by atoms with Crippen LogP contribution in [0.2, 0.25) is 10.0 Å². The van der Waals surface area contributed by atoms with Crippen molar-refractivity contribution in [3.63, 3.8) is 0 Å². The molecule has 128 valence electrons. The maximum absolute atomic E-state index is 13.0. The minimum atomic E-state index is -3.63. The van der Waals surface area contributed by atoms with E-state index in [1.54, 1.807) is 7.11 Å². The minimum absolute atomic E-state index is 0.164. The summed E-state index contributed by atoms with van der Waals surface area (Å²) in [4.78, 5) is 0.164. The Kier molecular flexibility index (Phi) is 5.06. The Morgan fingerprint density at radius 3 is 2.42 bits per heavy atom. The molecule has 1 saturated heterocycles. The molecule has 0 unspecified atom stereocenters. The predicted octanol–water partition coefficient (Wildman–Crippen LogP) is 4.53. The number of rotatable bonds is 4. The second-order valence-electron chi connectivity index (χ2n) is 5.62. The number of halogens is 2. The lowest BCUT2D eigenvalue weighted by Crippen LogP contribution is -2.30. The molecule has 7 heteroatoms. The van der Waals surface area contributed by atoms with Gasteiger partial charge in [-0.2, -0.15) is 4.31 Å². The fraction of sp³-hybridized carbons (Fsp3) is 0.294. The summed E-state index contributed by atoms with van der Waals surface area (Å²) in [5, 5.41) is 0.571. The van der Waals surface area contributed by atoms with E-state index in [-0.39, 0.29) is 16.0 Å². The van der Waals surface area contributed by atoms with Crippen molar-refractivity contribution < 1.29 is 13.2 Å². The number of hydrogen-bond donors (Lipinski definition) is 0. The molecule has 1 aliphatic rings. The Labute approximate surface area is 152 Å². The van der Waals surface area contributed by atoms with Gasteiger partial charge in [0, 0.05) is 6.54 Å². The summed E-state index contributed by atoms with van der Waals surface area (Å²) >= 11 is 11.9. The molecule has 0 amide bonds. The highest BCUT2D eigenvalue weighted by molar-refractivity contribution is 7.89. The lowest BCUT2D eigenvalue weighted by molar-refractivity contribution is 0.394. The molecule has 2 aromatic rings. The molecule has 1 fully saturated rings. The van der Waals surface area contributed by atoms with Crippen LogP contribution in [0.3, 0.4) is 0 Å². The molecule has 1 aliphatic heterocycles. The molecule has 1 heterocycles. The van der Waals surface area contributed by atoms with Crippen LogP contribution in [0.25, 0.3) is 0 Å². The molecular weight excluding hydrogens is 369 g/mol. The van der Waals surface area contributed by atoms with Gasteiger partial charge < -0.3 is 4.74 Å². The number of nitrogens with zero attached hydrogens (tertiary/aromatic N) is 1. The molecule has 1 atom stereocenters. The highest BCUT2D eigenvalue weighted by Gasteiger charge is 2.36. The molecule has 0 N–H and O–H groups in total. The van der Waals surface area contributed by atoms with Crippen LogP contribution in [0.4, 0.5) is 0 Å². The van der Waals surface area contributed by atoms with Gasteiger partial charge in [-0.3, -0.25) is 0 Å². The van der Waals surface area contributed by atoms with Crippen LogP contribution in [0, 0.1) is 0 Å². The van der Waals surface area contributed by atoms with Crippen LogP contribution < -0.4 is 4.74 Å². The van der Waals surface area contributed by atoms with Gasteiger partial charge in [-0.15, -0.1) is 0 Å². The molecule has 2 aromatic carbocycles. The average Bonchev–Trinajstić information content (AvgIpc) is 3.08. The zero-order valence-electron chi connectivity index (χ0n) is 13.1. The highest BCUT2D eigenvalue weighted by Crippen LogP contribution is 2.38. The van der Waals surface area contributed by atoms with Crippen LogP contribution in [-0.2, 0) is 10.0 Å². The largest absolute Gasteiger partial charge is 0.497 e. The smallest absolute Gasteiger partial charge is 0.243 e. The summed E-state index contributed by atoms with van der Waals surface area (Å²) in [6, 6.07) is 11.7. The Bertz CT molecular complexity index is 837. The van der Waals surface area contributed by atoms with E-state index < -0.39 is 10.0 Å². The minimum Gasteiger partial charge on any atom is -0.497 e. The lowest BCUT2D eigenvalue weighted by Gasteiger charge is -2.24. The number of hydrogen-bond acceptors (Lipinski definition) is 3. The topological polar surface area (TPSA) is 46.6 Å². The van der Waals surface area contributed by atoms with Crippen molar-refractivity contribution in [2.75, 3.05) is 13.7 Å². The summed E-state index contributed by atoms with van der Waals surface area (Å²) in [6.45, 7) is 0.485. The first-order valence-electron chi connectivity index (χ1n) is 7.54. The van der Waals surface area contributed by atoms with Gasteiger partial charge >= 0.3 is 0 Å². The zero-order valence-corrected chi connectivity index (χ0v) is 15.4. The Morgan fingerprint density at radius 2 is 1.79 bits per heavy atom. The first kappa shape index (κ1) is 17.5. The summed E-state index contributed by atoms with van der Waals surface area (Å²) < 4.78 is 32.7. The maximum Gasteiger partial charge on any atom is 0.243 e. The van der Waals surface area contributed by atoms with E-state index in [2.05, 4.69) is 0 Å². The van der Waals surface area contributed by atoms with E-state index >= 15 is 0 Å². The number of benzene rings is 2. The fourth-order valence-electron chi connectivity index (χ4n) is 2.96. The van der Waals surface area contributed by atoms with Crippen molar-refractivity contribution in [1.82, 2.24) is 4.31 Å². The molecule has 0 aliphatic carbocycles. The maximum atomic E-state index is 13.0. The molecule has 0 bridgehead atoms. The van der Waals surface area contributed by atoms with Gasteiger partial charge in [0.25, 0.3) is 0 Å². The molecular formula is C17H17Cl2NO3S. The van der Waals surface area contributed by atoms with E-state index in [9.17, 15) is 8.42 Å². The van der Waals surface area contributed by atoms with E-state index in [0.717, 1.165) is 24.2 Å². The molecule has 24 heavy (non-hydrogen) atoms. The third-order valence-electron chi connectivity index (χ3n) is 4.20. The van der Waals surface area contributed by atoms with Crippen molar-refractivity contribution in [3.05, 3.63) is 58.1 Å². The normalized spacial score (nSPS) is 18.7. The summed E-state index contributed by atoms with van der Waals surface area (Å²) in [5.74, 6) is 0.746. The van der Waals surface area contributed by atoms with E-state index in [1.807, 2.05) is 24.3 Å². The van der Waals surface area contributed by atoms with Crippen molar-refractivity contribution in [2.24, 2.45) is 0 Å². The van der Waals surface area contributed by atoms with E-state index in [1.165, 1.54) is 22.5 Å². The van der Waals surface area contributed by atoms with E-state index in [4.69, 9.17) is 27.9 Å². The van der Waals surface area contributed by atoms with Crippen LogP contribution in [0.5, 0.6) is 5.75 Å². The lowest BCUT2D eigenvalue weighted by atomic mass is 10.1. The van der Waals surface area contributed by atoms with Crippen molar-refractivity contribution >= 4 is 33.2 Å². The Hall–Kier alpha value is -1.27. The van der Waals surface area contributed by atoms with Gasteiger partial charge in [-0.05, 0) is 48.7 Å². The van der Waals surface area contributed by atoms with Gasteiger partial charge in [0.05, 0.1) is 28.1 Å². The van der Waals surface area contributed by atoms with Crippen LogP contribution in [0.15, 0.2) is 47.4 Å². The second-order valence-corrected chi connectivity index (χ2v) is 8.33. The summed E-state index contributed by atoms with van der Waals surface area (Å²) in [5.41, 5.74) is 0.955. The molecule has 0 saturated carbocycles. The third-order valence-corrected chi connectivity index (χ3v) is 6.85. The number of methoxy groups -OCH3 is 1. The first-order valence-corrected chi connectivity index (χ1v) is 9.74. The van der Waals surface area contributed by atoms with E-state index in [0.29, 0.717) is 11.6 Å². The Morgan fingerprint density at radius 1 is 1.08 bits per heavy atom. The molecule has 0 aromatic heterocycles. The van der Waals surface area contributed by atoms with Gasteiger partial charge in [0.2, 0.25) is 10.0 Å². The average molecular weight is 386 g/mol. The van der Waals surface area contributed by atoms with Crippen molar-refractivity contribution in [1.29, 1.82) is 0 Å². The van der Waals surface area contributed by atoms with Gasteiger partial charge in [0.15, 0.2) is 0 Å². The van der Waals surface area contributed by atoms with Crippen molar-refractivity contribution in [2.45, 2.75) is 23.8 Å². The van der Waals surface area contributed by atoms with Crippen LogP contribution in [0.1, 0.15) is 24.4 Å². The molecule has 0 spiro atoms. The second kappa shape index (κ2) is 6.92. The molecule has 3 rings (SSSR count). The Balaban J connectivity index is 1.94. The SMILES string of the molecule is COc1ccc([C@H]2CCCN2S(=O)(=O)c2ccc(Cl)c(Cl)c2)cc1. The van der Waals surface area contributed by atoms with Gasteiger partial charge in [-0.25, -0.2) is 8.42 Å². The fourth-order valence-corrected chi connectivity index (χ4v) is 5.03. The van der Waals surface area contributed by atoms with Crippen LogP contribution >= 0.6 is 23.2 Å².